The smallest absolute Gasteiger partial charge is 0.238 e. The zero-order chi connectivity index (χ0) is 23.6. The van der Waals surface area contributed by atoms with Gasteiger partial charge >= 0.3 is 0 Å². The minimum Gasteiger partial charge on any atom is -0.325 e. The van der Waals surface area contributed by atoms with Crippen LogP contribution in [0, 0.1) is 37.5 Å². The first-order valence-corrected chi connectivity index (χ1v) is 13.2. The van der Waals surface area contributed by atoms with Crippen molar-refractivity contribution in [1.82, 2.24) is 4.98 Å². The number of hydrogen-bond acceptors (Lipinski definition) is 6. The van der Waals surface area contributed by atoms with Gasteiger partial charge in [0.25, 0.3) is 0 Å². The highest BCUT2D eigenvalue weighted by atomic mass is 32.2. The molecule has 3 amide bonds. The minimum absolute atomic E-state index is 0.0755. The molecule has 8 heteroatoms. The fourth-order valence-corrected chi connectivity index (χ4v) is 7.47. The summed E-state index contributed by atoms with van der Waals surface area (Å²) < 4.78 is 1.68. The van der Waals surface area contributed by atoms with Crippen molar-refractivity contribution < 1.29 is 14.4 Å². The SMILES string of the molecule is Cc1cccc(C)c1NC(=O)CSc1nc2ccc(N3C(=O)[C@@H]4[C@H](C3=O)[C@H]3C=C[C@H]4C3)cc2s1. The number of thiazole rings is 1. The number of aromatic nitrogens is 1. The van der Waals surface area contributed by atoms with Gasteiger partial charge in [0.2, 0.25) is 17.7 Å². The number of fused-ring (bicyclic) bond motifs is 6. The number of amides is 3. The lowest BCUT2D eigenvalue weighted by Gasteiger charge is -2.17. The number of para-hydroxylation sites is 1. The van der Waals surface area contributed by atoms with E-state index in [2.05, 4.69) is 22.5 Å². The molecule has 0 radical (unpaired) electrons. The molecule has 3 aromatic rings. The maximum absolute atomic E-state index is 13.1. The molecular weight excluding hydrogens is 466 g/mol. The largest absolute Gasteiger partial charge is 0.325 e. The average molecular weight is 490 g/mol. The molecule has 4 atom stereocenters. The van der Waals surface area contributed by atoms with Crippen molar-refractivity contribution in [3.05, 3.63) is 59.7 Å². The lowest BCUT2D eigenvalue weighted by Crippen LogP contribution is -2.32. The number of carbonyl (C=O) groups is 3. The highest BCUT2D eigenvalue weighted by Gasteiger charge is 2.59. The first kappa shape index (κ1) is 21.6. The molecule has 1 saturated carbocycles. The van der Waals surface area contributed by atoms with Gasteiger partial charge in [0.15, 0.2) is 4.34 Å². The van der Waals surface area contributed by atoms with Crippen LogP contribution in [-0.2, 0) is 14.4 Å². The van der Waals surface area contributed by atoms with Gasteiger partial charge in [-0.3, -0.25) is 14.4 Å². The van der Waals surface area contributed by atoms with E-state index < -0.39 is 0 Å². The Morgan fingerprint density at radius 1 is 1.09 bits per heavy atom. The van der Waals surface area contributed by atoms with Crippen LogP contribution in [0.2, 0.25) is 0 Å². The molecule has 6 rings (SSSR count). The van der Waals surface area contributed by atoms with Crippen molar-refractivity contribution in [2.75, 3.05) is 16.0 Å². The monoisotopic (exact) mass is 489 g/mol. The van der Waals surface area contributed by atoms with Crippen LogP contribution in [0.3, 0.4) is 0 Å². The highest BCUT2D eigenvalue weighted by molar-refractivity contribution is 8.01. The molecule has 1 N–H and O–H groups in total. The topological polar surface area (TPSA) is 79.4 Å². The van der Waals surface area contributed by atoms with Gasteiger partial charge in [0.05, 0.1) is 33.5 Å². The number of aryl methyl sites for hydroxylation is 2. The standard InChI is InChI=1S/C26H23N3O3S2/c1-13-4-3-5-14(2)23(13)28-20(30)12-33-26-27-18-9-8-17(11-19(18)34-26)29-24(31)21-15-6-7-16(10-15)22(21)25(29)32/h3-9,11,15-16,21-22H,10,12H2,1-2H3,(H,28,30)/t15-,16-,21-,22+/m0/s1. The molecule has 2 aliphatic carbocycles. The summed E-state index contributed by atoms with van der Waals surface area (Å²) >= 11 is 2.86. The predicted octanol–water partition coefficient (Wildman–Crippen LogP) is 4.96. The molecule has 1 aromatic heterocycles. The Kier molecular flexibility index (Phi) is 5.11. The van der Waals surface area contributed by atoms with E-state index in [0.717, 1.165) is 37.8 Å². The number of allylic oxidation sites excluding steroid dienone is 2. The summed E-state index contributed by atoms with van der Waals surface area (Å²) in [6, 6.07) is 11.5. The second-order valence-electron chi connectivity index (χ2n) is 9.25. The van der Waals surface area contributed by atoms with Gasteiger partial charge in [-0.05, 0) is 61.4 Å². The number of thioether (sulfide) groups is 1. The predicted molar refractivity (Wildman–Crippen MR) is 135 cm³/mol. The summed E-state index contributed by atoms with van der Waals surface area (Å²) in [5, 5.41) is 3.00. The third-order valence-corrected chi connectivity index (χ3v) is 9.31. The Bertz CT molecular complexity index is 1340. The first-order valence-electron chi connectivity index (χ1n) is 11.4. The van der Waals surface area contributed by atoms with Crippen molar-refractivity contribution in [2.24, 2.45) is 23.7 Å². The molecule has 0 unspecified atom stereocenters. The van der Waals surface area contributed by atoms with Crippen LogP contribution >= 0.6 is 23.1 Å². The number of nitrogens with one attached hydrogen (secondary N) is 1. The van der Waals surface area contributed by atoms with Crippen LogP contribution in [0.5, 0.6) is 0 Å². The van der Waals surface area contributed by atoms with E-state index in [9.17, 15) is 14.4 Å². The molecular formula is C26H23N3O3S2. The second-order valence-corrected chi connectivity index (χ2v) is 11.5. The fourth-order valence-electron chi connectivity index (χ4n) is 5.56. The van der Waals surface area contributed by atoms with Crippen LogP contribution in [-0.4, -0.2) is 28.5 Å². The zero-order valence-corrected chi connectivity index (χ0v) is 20.4. The maximum Gasteiger partial charge on any atom is 0.238 e. The molecule has 2 bridgehead atoms. The molecule has 1 saturated heterocycles. The Labute approximate surface area is 205 Å². The number of anilines is 2. The molecule has 3 aliphatic rings. The third kappa shape index (κ3) is 3.39. The summed E-state index contributed by atoms with van der Waals surface area (Å²) in [6.07, 6.45) is 5.13. The van der Waals surface area contributed by atoms with E-state index in [1.54, 1.807) is 6.07 Å². The van der Waals surface area contributed by atoms with E-state index in [1.807, 2.05) is 44.2 Å². The van der Waals surface area contributed by atoms with Crippen molar-refractivity contribution in [3.63, 3.8) is 0 Å². The highest BCUT2D eigenvalue weighted by Crippen LogP contribution is 2.53. The van der Waals surface area contributed by atoms with Crippen molar-refractivity contribution in [1.29, 1.82) is 0 Å². The van der Waals surface area contributed by atoms with Crippen LogP contribution in [0.4, 0.5) is 11.4 Å². The van der Waals surface area contributed by atoms with E-state index in [0.29, 0.717) is 5.69 Å². The summed E-state index contributed by atoms with van der Waals surface area (Å²) in [7, 11) is 0. The zero-order valence-electron chi connectivity index (χ0n) is 18.8. The maximum atomic E-state index is 13.1. The Balaban J connectivity index is 1.17. The summed E-state index contributed by atoms with van der Waals surface area (Å²) in [5.41, 5.74) is 4.33. The molecule has 172 valence electrons. The van der Waals surface area contributed by atoms with Gasteiger partial charge in [-0.25, -0.2) is 9.88 Å². The van der Waals surface area contributed by atoms with Crippen molar-refractivity contribution in [3.8, 4) is 0 Å². The Morgan fingerprint density at radius 2 is 1.76 bits per heavy atom. The number of nitrogens with zero attached hydrogens (tertiary/aromatic N) is 2. The van der Waals surface area contributed by atoms with E-state index >= 15 is 0 Å². The van der Waals surface area contributed by atoms with Gasteiger partial charge in [-0.1, -0.05) is 42.1 Å². The number of imide groups is 1. The summed E-state index contributed by atoms with van der Waals surface area (Å²) in [5.74, 6) is -0.0000257. The van der Waals surface area contributed by atoms with Crippen LogP contribution in [0.25, 0.3) is 10.2 Å². The van der Waals surface area contributed by atoms with Crippen LogP contribution in [0.1, 0.15) is 17.5 Å². The molecule has 34 heavy (non-hydrogen) atoms. The fraction of sp³-hybridized carbons (Fsp3) is 0.308. The third-order valence-electron chi connectivity index (χ3n) is 7.15. The van der Waals surface area contributed by atoms with Crippen LogP contribution < -0.4 is 10.2 Å². The molecule has 0 spiro atoms. The number of rotatable bonds is 5. The lowest BCUT2D eigenvalue weighted by molar-refractivity contribution is -0.123. The normalized spacial score (nSPS) is 24.9. The van der Waals surface area contributed by atoms with Crippen molar-refractivity contribution in [2.45, 2.75) is 24.6 Å². The van der Waals surface area contributed by atoms with E-state index in [-0.39, 0.29) is 47.1 Å². The number of hydrogen-bond donors (Lipinski definition) is 1. The van der Waals surface area contributed by atoms with Crippen molar-refractivity contribution >= 4 is 62.4 Å². The molecule has 6 nitrogen and oxygen atoms in total. The van der Waals surface area contributed by atoms with Gasteiger partial charge in [-0.2, -0.15) is 0 Å². The summed E-state index contributed by atoms with van der Waals surface area (Å²) in [6.45, 7) is 3.95. The number of benzene rings is 2. The van der Waals surface area contributed by atoms with E-state index in [4.69, 9.17) is 0 Å². The quantitative estimate of drug-likeness (QED) is 0.311. The molecule has 2 fully saturated rings. The summed E-state index contributed by atoms with van der Waals surface area (Å²) in [4.78, 5) is 44.8. The first-order chi connectivity index (χ1) is 16.4. The van der Waals surface area contributed by atoms with Gasteiger partial charge in [-0.15, -0.1) is 11.3 Å². The van der Waals surface area contributed by atoms with Gasteiger partial charge < -0.3 is 5.32 Å². The molecule has 1 aliphatic heterocycles. The second kappa shape index (κ2) is 8.06. The Hall–Kier alpha value is -2.97. The minimum atomic E-state index is -0.207. The van der Waals surface area contributed by atoms with E-state index in [1.165, 1.54) is 28.0 Å². The number of carbonyl (C=O) groups excluding carboxylic acids is 3. The molecule has 2 heterocycles. The van der Waals surface area contributed by atoms with Gasteiger partial charge in [0, 0.05) is 5.69 Å². The van der Waals surface area contributed by atoms with Crippen LogP contribution in [0.15, 0.2) is 52.9 Å². The lowest BCUT2D eigenvalue weighted by atomic mass is 9.85. The average Bonchev–Trinajstić information content (AvgIpc) is 3.57. The van der Waals surface area contributed by atoms with Gasteiger partial charge in [0.1, 0.15) is 0 Å². The Morgan fingerprint density at radius 3 is 2.44 bits per heavy atom. The molecule has 2 aromatic carbocycles.